The van der Waals surface area contributed by atoms with Crippen molar-refractivity contribution in [1.82, 2.24) is 0 Å². The maximum absolute atomic E-state index is 11.8. The topological polar surface area (TPSA) is 35.5 Å². The van der Waals surface area contributed by atoms with Crippen LogP contribution in [0.3, 0.4) is 0 Å². The largest absolute Gasteiger partial charge is 0.494 e. The maximum atomic E-state index is 11.8. The summed E-state index contributed by atoms with van der Waals surface area (Å²) in [6.07, 6.45) is 4.24. The van der Waals surface area contributed by atoms with Crippen LogP contribution in [-0.4, -0.2) is 25.6 Å². The first-order valence-electron chi connectivity index (χ1n) is 7.11. The van der Waals surface area contributed by atoms with Gasteiger partial charge in [-0.15, -0.1) is 0 Å². The Balaban J connectivity index is 2.35. The van der Waals surface area contributed by atoms with Crippen molar-refractivity contribution in [2.24, 2.45) is 0 Å². The van der Waals surface area contributed by atoms with Crippen molar-refractivity contribution in [3.8, 4) is 5.75 Å². The molecule has 0 saturated heterocycles. The summed E-state index contributed by atoms with van der Waals surface area (Å²) >= 11 is 0. The lowest BCUT2D eigenvalue weighted by molar-refractivity contribution is 0.0754. The van der Waals surface area contributed by atoms with E-state index in [4.69, 9.17) is 9.47 Å². The Morgan fingerprint density at radius 2 is 1.63 bits per heavy atom. The van der Waals surface area contributed by atoms with Crippen molar-refractivity contribution in [2.75, 3.05) is 19.8 Å². The van der Waals surface area contributed by atoms with Crippen molar-refractivity contribution in [2.45, 2.75) is 39.5 Å². The van der Waals surface area contributed by atoms with Crippen LogP contribution in [0.15, 0.2) is 24.3 Å². The summed E-state index contributed by atoms with van der Waals surface area (Å²) in [5.41, 5.74) is 0.680. The summed E-state index contributed by atoms with van der Waals surface area (Å²) in [6, 6.07) is 7.28. The number of hydrogen-bond donors (Lipinski definition) is 0. The minimum atomic E-state index is 0.0243. The van der Waals surface area contributed by atoms with Gasteiger partial charge in [0.1, 0.15) is 12.4 Å². The average molecular weight is 264 g/mol. The molecule has 0 saturated carbocycles. The lowest BCUT2D eigenvalue weighted by Crippen LogP contribution is -2.09. The molecule has 0 fully saturated rings. The standard InChI is InChI=1S/C16H24O3/c1-3-5-11-18-13-16(17)14-7-9-15(10-8-14)19-12-6-4-2/h7-10H,3-6,11-13H2,1-2H3. The molecule has 1 aromatic carbocycles. The fourth-order valence-electron chi connectivity index (χ4n) is 1.57. The molecule has 106 valence electrons. The normalized spacial score (nSPS) is 10.4. The fraction of sp³-hybridized carbons (Fsp3) is 0.562. The third-order valence-electron chi connectivity index (χ3n) is 2.82. The average Bonchev–Trinajstić information content (AvgIpc) is 2.44. The molecule has 1 aromatic rings. The predicted octanol–water partition coefficient (Wildman–Crippen LogP) is 3.86. The van der Waals surface area contributed by atoms with Gasteiger partial charge in [-0.05, 0) is 37.1 Å². The number of Topliss-reactive ketones (excluding diaryl/α,β-unsaturated/α-hetero) is 1. The van der Waals surface area contributed by atoms with Gasteiger partial charge >= 0.3 is 0 Å². The number of unbranched alkanes of at least 4 members (excludes halogenated alkanes) is 2. The Bertz CT molecular complexity index is 357. The molecule has 0 heterocycles. The highest BCUT2D eigenvalue weighted by Crippen LogP contribution is 2.13. The summed E-state index contributed by atoms with van der Waals surface area (Å²) in [7, 11) is 0. The van der Waals surface area contributed by atoms with E-state index in [9.17, 15) is 4.79 Å². The number of rotatable bonds is 10. The van der Waals surface area contributed by atoms with Gasteiger partial charge < -0.3 is 9.47 Å². The fourth-order valence-corrected chi connectivity index (χ4v) is 1.57. The van der Waals surface area contributed by atoms with Crippen molar-refractivity contribution in [3.05, 3.63) is 29.8 Å². The Morgan fingerprint density at radius 3 is 2.26 bits per heavy atom. The zero-order valence-electron chi connectivity index (χ0n) is 12.0. The lowest BCUT2D eigenvalue weighted by Gasteiger charge is -2.06. The van der Waals surface area contributed by atoms with E-state index in [1.54, 1.807) is 12.1 Å². The highest BCUT2D eigenvalue weighted by molar-refractivity contribution is 5.97. The number of ether oxygens (including phenoxy) is 2. The number of ketones is 1. The summed E-state index contributed by atoms with van der Waals surface area (Å²) < 4.78 is 10.9. The smallest absolute Gasteiger partial charge is 0.188 e. The van der Waals surface area contributed by atoms with Crippen molar-refractivity contribution < 1.29 is 14.3 Å². The predicted molar refractivity (Wildman–Crippen MR) is 76.9 cm³/mol. The monoisotopic (exact) mass is 264 g/mol. The van der Waals surface area contributed by atoms with Crippen LogP contribution >= 0.6 is 0 Å². The minimum absolute atomic E-state index is 0.0243. The van der Waals surface area contributed by atoms with E-state index >= 15 is 0 Å². The Labute approximate surface area is 115 Å². The van der Waals surface area contributed by atoms with Crippen LogP contribution in [0.1, 0.15) is 49.9 Å². The van der Waals surface area contributed by atoms with E-state index in [2.05, 4.69) is 13.8 Å². The zero-order chi connectivity index (χ0) is 13.9. The molecule has 0 spiro atoms. The van der Waals surface area contributed by atoms with E-state index in [-0.39, 0.29) is 12.4 Å². The molecule has 0 aliphatic rings. The van der Waals surface area contributed by atoms with E-state index in [0.29, 0.717) is 12.2 Å². The number of hydrogen-bond acceptors (Lipinski definition) is 3. The zero-order valence-corrected chi connectivity index (χ0v) is 12.0. The Hall–Kier alpha value is -1.35. The first-order chi connectivity index (χ1) is 9.27. The summed E-state index contributed by atoms with van der Waals surface area (Å²) in [6.45, 7) is 5.77. The minimum Gasteiger partial charge on any atom is -0.494 e. The molecule has 19 heavy (non-hydrogen) atoms. The number of carbonyl (C=O) groups excluding carboxylic acids is 1. The molecule has 0 radical (unpaired) electrons. The molecule has 3 nitrogen and oxygen atoms in total. The molecule has 3 heteroatoms. The van der Waals surface area contributed by atoms with Gasteiger partial charge in [0.15, 0.2) is 5.78 Å². The molecule has 0 amide bonds. The quantitative estimate of drug-likeness (QED) is 0.475. The van der Waals surface area contributed by atoms with Gasteiger partial charge in [0.05, 0.1) is 6.61 Å². The van der Waals surface area contributed by atoms with Crippen molar-refractivity contribution in [1.29, 1.82) is 0 Å². The SMILES string of the molecule is CCCCOCC(=O)c1ccc(OCCCC)cc1. The second-order valence-corrected chi connectivity index (χ2v) is 4.56. The van der Waals surface area contributed by atoms with Crippen LogP contribution in [0, 0.1) is 0 Å². The third-order valence-corrected chi connectivity index (χ3v) is 2.82. The van der Waals surface area contributed by atoms with E-state index < -0.39 is 0 Å². The molecular weight excluding hydrogens is 240 g/mol. The Kier molecular flexibility index (Phi) is 7.91. The van der Waals surface area contributed by atoms with E-state index in [0.717, 1.165) is 38.0 Å². The second kappa shape index (κ2) is 9.56. The van der Waals surface area contributed by atoms with Crippen molar-refractivity contribution >= 4 is 5.78 Å². The van der Waals surface area contributed by atoms with Crippen LogP contribution in [0.4, 0.5) is 0 Å². The van der Waals surface area contributed by atoms with Crippen LogP contribution in [0.5, 0.6) is 5.75 Å². The van der Waals surface area contributed by atoms with E-state index in [1.807, 2.05) is 12.1 Å². The van der Waals surface area contributed by atoms with Gasteiger partial charge in [-0.25, -0.2) is 0 Å². The van der Waals surface area contributed by atoms with Gasteiger partial charge in [0.25, 0.3) is 0 Å². The van der Waals surface area contributed by atoms with Gasteiger partial charge in [-0.3, -0.25) is 4.79 Å². The van der Waals surface area contributed by atoms with E-state index in [1.165, 1.54) is 0 Å². The maximum Gasteiger partial charge on any atom is 0.188 e. The molecule has 0 bridgehead atoms. The van der Waals surface area contributed by atoms with Crippen molar-refractivity contribution in [3.63, 3.8) is 0 Å². The summed E-state index contributed by atoms with van der Waals surface area (Å²) in [5, 5.41) is 0. The van der Waals surface area contributed by atoms with Crippen LogP contribution in [0.2, 0.25) is 0 Å². The molecule has 0 aliphatic heterocycles. The first kappa shape index (κ1) is 15.7. The highest BCUT2D eigenvalue weighted by Gasteiger charge is 2.05. The summed E-state index contributed by atoms with van der Waals surface area (Å²) in [4.78, 5) is 11.8. The molecule has 0 unspecified atom stereocenters. The molecule has 0 aromatic heterocycles. The molecular formula is C16H24O3. The van der Waals surface area contributed by atoms with Gasteiger partial charge in [0, 0.05) is 12.2 Å². The lowest BCUT2D eigenvalue weighted by atomic mass is 10.1. The van der Waals surface area contributed by atoms with Gasteiger partial charge in [-0.2, -0.15) is 0 Å². The number of benzene rings is 1. The second-order valence-electron chi connectivity index (χ2n) is 4.56. The molecule has 0 N–H and O–H groups in total. The molecule has 0 atom stereocenters. The third kappa shape index (κ3) is 6.39. The Morgan fingerprint density at radius 1 is 1.00 bits per heavy atom. The number of carbonyl (C=O) groups is 1. The summed E-state index contributed by atoms with van der Waals surface area (Å²) in [5.74, 6) is 0.841. The highest BCUT2D eigenvalue weighted by atomic mass is 16.5. The van der Waals surface area contributed by atoms with Crippen LogP contribution < -0.4 is 4.74 Å². The van der Waals surface area contributed by atoms with Gasteiger partial charge in [0.2, 0.25) is 0 Å². The molecule has 1 rings (SSSR count). The van der Waals surface area contributed by atoms with Crippen LogP contribution in [-0.2, 0) is 4.74 Å². The van der Waals surface area contributed by atoms with Gasteiger partial charge in [-0.1, -0.05) is 26.7 Å². The first-order valence-corrected chi connectivity index (χ1v) is 7.11. The molecule has 0 aliphatic carbocycles. The van der Waals surface area contributed by atoms with Crippen LogP contribution in [0.25, 0.3) is 0 Å².